The minimum atomic E-state index is -0.544. The largest absolute Gasteiger partial charge is 0.351 e. The van der Waals surface area contributed by atoms with Crippen LogP contribution in [0.5, 0.6) is 0 Å². The monoisotopic (exact) mass is 313 g/mol. The number of nitro benzene ring substituents is 1. The molecule has 1 amide bonds. The van der Waals surface area contributed by atoms with E-state index >= 15 is 0 Å². The quantitative estimate of drug-likeness (QED) is 0.591. The van der Waals surface area contributed by atoms with Crippen molar-refractivity contribution in [2.75, 3.05) is 26.2 Å². The van der Waals surface area contributed by atoms with Gasteiger partial charge in [0.2, 0.25) is 0 Å². The van der Waals surface area contributed by atoms with Crippen molar-refractivity contribution >= 4 is 23.2 Å². The zero-order valence-corrected chi connectivity index (χ0v) is 13.0. The predicted molar refractivity (Wildman–Crippen MR) is 82.8 cm³/mol. The maximum absolute atomic E-state index is 12.0. The molecule has 21 heavy (non-hydrogen) atoms. The molecular formula is C14H20ClN3O3. The second-order valence-corrected chi connectivity index (χ2v) is 5.02. The van der Waals surface area contributed by atoms with Gasteiger partial charge in [0.15, 0.2) is 0 Å². The minimum Gasteiger partial charge on any atom is -0.351 e. The highest BCUT2D eigenvalue weighted by Gasteiger charge is 2.14. The molecule has 0 radical (unpaired) electrons. The number of halogens is 1. The molecule has 0 spiro atoms. The van der Waals surface area contributed by atoms with Crippen molar-refractivity contribution in [2.24, 2.45) is 0 Å². The van der Waals surface area contributed by atoms with Crippen molar-refractivity contribution in [3.63, 3.8) is 0 Å². The Morgan fingerprint density at radius 3 is 2.62 bits per heavy atom. The van der Waals surface area contributed by atoms with Crippen molar-refractivity contribution in [3.05, 3.63) is 38.9 Å². The molecule has 1 aromatic rings. The Labute approximate surface area is 129 Å². The van der Waals surface area contributed by atoms with Crippen LogP contribution in [0.25, 0.3) is 0 Å². The summed E-state index contributed by atoms with van der Waals surface area (Å²) in [7, 11) is 0. The molecule has 0 saturated heterocycles. The second-order valence-electron chi connectivity index (χ2n) is 4.61. The van der Waals surface area contributed by atoms with E-state index in [1.165, 1.54) is 18.2 Å². The summed E-state index contributed by atoms with van der Waals surface area (Å²) in [6.07, 6.45) is 1.07. The first kappa shape index (κ1) is 17.4. The van der Waals surface area contributed by atoms with Crippen molar-refractivity contribution in [1.29, 1.82) is 0 Å². The van der Waals surface area contributed by atoms with E-state index in [9.17, 15) is 14.9 Å². The third-order valence-electron chi connectivity index (χ3n) is 3.11. The molecule has 116 valence electrons. The third-order valence-corrected chi connectivity index (χ3v) is 3.42. The summed E-state index contributed by atoms with van der Waals surface area (Å²) in [5.74, 6) is -0.317. The van der Waals surface area contributed by atoms with Gasteiger partial charge >= 0.3 is 0 Å². The zero-order valence-electron chi connectivity index (χ0n) is 12.3. The molecule has 7 heteroatoms. The normalized spacial score (nSPS) is 10.7. The molecule has 0 atom stereocenters. The molecule has 0 unspecified atom stereocenters. The number of nitro groups is 1. The van der Waals surface area contributed by atoms with Gasteiger partial charge in [-0.15, -0.1) is 0 Å². The van der Waals surface area contributed by atoms with Crippen LogP contribution in [0.15, 0.2) is 18.2 Å². The number of carbonyl (C=O) groups excluding carboxylic acids is 1. The summed E-state index contributed by atoms with van der Waals surface area (Å²) < 4.78 is 0. The van der Waals surface area contributed by atoms with Gasteiger partial charge in [-0.05, 0) is 25.6 Å². The second kappa shape index (κ2) is 8.59. The SMILES string of the molecule is CCCN(CC)CCNC(=O)c1ccc([N+](=O)[O-])cc1Cl. The van der Waals surface area contributed by atoms with Crippen LogP contribution >= 0.6 is 11.6 Å². The Morgan fingerprint density at radius 1 is 1.38 bits per heavy atom. The van der Waals surface area contributed by atoms with Gasteiger partial charge in [0.1, 0.15) is 0 Å². The number of carbonyl (C=O) groups is 1. The van der Waals surface area contributed by atoms with E-state index in [-0.39, 0.29) is 22.2 Å². The standard InChI is InChI=1S/C14H20ClN3O3/c1-3-8-17(4-2)9-7-16-14(19)12-6-5-11(18(20)21)10-13(12)15/h5-6,10H,3-4,7-9H2,1-2H3,(H,16,19). The Kier molecular flexibility index (Phi) is 7.11. The number of likely N-dealkylation sites (N-methyl/N-ethyl adjacent to an activating group) is 1. The highest BCUT2D eigenvalue weighted by Crippen LogP contribution is 2.22. The Hall–Kier alpha value is -1.66. The Balaban J connectivity index is 2.58. The van der Waals surface area contributed by atoms with Gasteiger partial charge in [0, 0.05) is 25.2 Å². The summed E-state index contributed by atoms with van der Waals surface area (Å²) in [6, 6.07) is 3.83. The van der Waals surface area contributed by atoms with Crippen LogP contribution in [-0.2, 0) is 0 Å². The molecular weight excluding hydrogens is 294 g/mol. The lowest BCUT2D eigenvalue weighted by Gasteiger charge is -2.19. The van der Waals surface area contributed by atoms with Crippen LogP contribution < -0.4 is 5.32 Å². The highest BCUT2D eigenvalue weighted by atomic mass is 35.5. The van der Waals surface area contributed by atoms with Crippen LogP contribution in [0.4, 0.5) is 5.69 Å². The molecule has 6 nitrogen and oxygen atoms in total. The number of benzene rings is 1. The van der Waals surface area contributed by atoms with Gasteiger partial charge in [0.25, 0.3) is 11.6 Å². The van der Waals surface area contributed by atoms with Gasteiger partial charge in [0.05, 0.1) is 15.5 Å². The van der Waals surface area contributed by atoms with Crippen molar-refractivity contribution in [2.45, 2.75) is 20.3 Å². The first-order valence-electron chi connectivity index (χ1n) is 6.94. The van der Waals surface area contributed by atoms with Crippen LogP contribution in [0.2, 0.25) is 5.02 Å². The number of rotatable bonds is 8. The van der Waals surface area contributed by atoms with Crippen LogP contribution in [0.3, 0.4) is 0 Å². The molecule has 1 rings (SSSR count). The molecule has 0 bridgehead atoms. The first-order valence-corrected chi connectivity index (χ1v) is 7.31. The number of nitrogens with one attached hydrogen (secondary N) is 1. The van der Waals surface area contributed by atoms with Crippen LogP contribution in [0.1, 0.15) is 30.6 Å². The fraction of sp³-hybridized carbons (Fsp3) is 0.500. The molecule has 1 N–H and O–H groups in total. The predicted octanol–water partition coefficient (Wildman–Crippen LogP) is 2.71. The first-order chi connectivity index (χ1) is 9.99. The maximum atomic E-state index is 12.0. The van der Waals surface area contributed by atoms with Gasteiger partial charge in [-0.1, -0.05) is 25.4 Å². The molecule has 0 heterocycles. The fourth-order valence-corrected chi connectivity index (χ4v) is 2.23. The smallest absolute Gasteiger partial charge is 0.270 e. The van der Waals surface area contributed by atoms with Gasteiger partial charge in [-0.25, -0.2) is 0 Å². The number of amides is 1. The van der Waals surface area contributed by atoms with E-state index in [1.807, 2.05) is 0 Å². The van der Waals surface area contributed by atoms with Gasteiger partial charge < -0.3 is 10.2 Å². The van der Waals surface area contributed by atoms with E-state index in [4.69, 9.17) is 11.6 Å². The van der Waals surface area contributed by atoms with E-state index in [2.05, 4.69) is 24.1 Å². The molecule has 0 aromatic heterocycles. The maximum Gasteiger partial charge on any atom is 0.270 e. The summed E-state index contributed by atoms with van der Waals surface area (Å²) in [6.45, 7) is 7.38. The summed E-state index contributed by atoms with van der Waals surface area (Å²) in [4.78, 5) is 24.3. The molecule has 0 aliphatic rings. The highest BCUT2D eigenvalue weighted by molar-refractivity contribution is 6.34. The van der Waals surface area contributed by atoms with E-state index in [1.54, 1.807) is 0 Å². The number of hydrogen-bond acceptors (Lipinski definition) is 4. The number of non-ortho nitro benzene ring substituents is 1. The minimum absolute atomic E-state index is 0.0857. The zero-order chi connectivity index (χ0) is 15.8. The van der Waals surface area contributed by atoms with Gasteiger partial charge in [-0.3, -0.25) is 14.9 Å². The van der Waals surface area contributed by atoms with E-state index in [0.717, 1.165) is 26.1 Å². The number of nitrogens with zero attached hydrogens (tertiary/aromatic N) is 2. The van der Waals surface area contributed by atoms with E-state index < -0.39 is 4.92 Å². The summed E-state index contributed by atoms with van der Waals surface area (Å²) in [5.41, 5.74) is 0.123. The lowest BCUT2D eigenvalue weighted by atomic mass is 10.2. The Morgan fingerprint density at radius 2 is 2.10 bits per heavy atom. The molecule has 0 aliphatic heterocycles. The van der Waals surface area contributed by atoms with Crippen molar-refractivity contribution in [3.8, 4) is 0 Å². The van der Waals surface area contributed by atoms with Gasteiger partial charge in [-0.2, -0.15) is 0 Å². The summed E-state index contributed by atoms with van der Waals surface area (Å²) in [5, 5.41) is 13.5. The summed E-state index contributed by atoms with van der Waals surface area (Å²) >= 11 is 5.91. The lowest BCUT2D eigenvalue weighted by Crippen LogP contribution is -2.35. The molecule has 0 fully saturated rings. The lowest BCUT2D eigenvalue weighted by molar-refractivity contribution is -0.384. The van der Waals surface area contributed by atoms with Crippen LogP contribution in [-0.4, -0.2) is 41.9 Å². The third kappa shape index (κ3) is 5.32. The topological polar surface area (TPSA) is 75.5 Å². The van der Waals surface area contributed by atoms with Crippen molar-refractivity contribution < 1.29 is 9.72 Å². The molecule has 0 saturated carbocycles. The average Bonchev–Trinajstić information content (AvgIpc) is 2.45. The molecule has 1 aromatic carbocycles. The fourth-order valence-electron chi connectivity index (χ4n) is 1.97. The average molecular weight is 314 g/mol. The van der Waals surface area contributed by atoms with Crippen molar-refractivity contribution in [1.82, 2.24) is 10.2 Å². The number of hydrogen-bond donors (Lipinski definition) is 1. The molecule has 0 aliphatic carbocycles. The van der Waals surface area contributed by atoms with E-state index in [0.29, 0.717) is 6.54 Å². The van der Waals surface area contributed by atoms with Crippen LogP contribution in [0, 0.1) is 10.1 Å². The Bertz CT molecular complexity index is 508.